The minimum atomic E-state index is -0.292. The van der Waals surface area contributed by atoms with Crippen molar-refractivity contribution in [1.82, 2.24) is 4.37 Å². The predicted molar refractivity (Wildman–Crippen MR) is 89.9 cm³/mol. The standard InChI is InChI=1S/C15H16Cl2N2OS/c1-3-9(4-2)10-5-7-11(8-6-10)18-15(20)13-12(16)14(17)19-21-13/h5-9H,3-4H2,1-2H3,(H,18,20). The summed E-state index contributed by atoms with van der Waals surface area (Å²) in [6, 6.07) is 7.91. The maximum Gasteiger partial charge on any atom is 0.268 e. The second kappa shape index (κ2) is 7.25. The molecule has 0 unspecified atom stereocenters. The molecule has 0 spiro atoms. The molecule has 21 heavy (non-hydrogen) atoms. The summed E-state index contributed by atoms with van der Waals surface area (Å²) in [4.78, 5) is 12.4. The summed E-state index contributed by atoms with van der Waals surface area (Å²) in [6.45, 7) is 4.36. The van der Waals surface area contributed by atoms with Crippen LogP contribution in [0, 0.1) is 0 Å². The van der Waals surface area contributed by atoms with Gasteiger partial charge in [0.2, 0.25) is 0 Å². The van der Waals surface area contributed by atoms with Gasteiger partial charge in [-0.15, -0.1) is 0 Å². The van der Waals surface area contributed by atoms with Gasteiger partial charge < -0.3 is 5.32 Å². The molecule has 6 heteroatoms. The number of aromatic nitrogens is 1. The molecule has 0 aliphatic carbocycles. The Labute approximate surface area is 138 Å². The van der Waals surface area contributed by atoms with Crippen LogP contribution in [0.2, 0.25) is 10.2 Å². The van der Waals surface area contributed by atoms with E-state index in [9.17, 15) is 4.79 Å². The van der Waals surface area contributed by atoms with Crippen molar-refractivity contribution in [3.05, 3.63) is 44.9 Å². The molecule has 0 saturated carbocycles. The minimum absolute atomic E-state index is 0.163. The van der Waals surface area contributed by atoms with Crippen LogP contribution in [-0.2, 0) is 0 Å². The lowest BCUT2D eigenvalue weighted by Crippen LogP contribution is -2.10. The molecule has 1 aromatic carbocycles. The largest absolute Gasteiger partial charge is 0.321 e. The number of rotatable bonds is 5. The van der Waals surface area contributed by atoms with Crippen LogP contribution in [0.15, 0.2) is 24.3 Å². The SMILES string of the molecule is CCC(CC)c1ccc(NC(=O)c2snc(Cl)c2Cl)cc1. The predicted octanol–water partition coefficient (Wildman–Crippen LogP) is 5.61. The molecule has 0 radical (unpaired) electrons. The van der Waals surface area contributed by atoms with Gasteiger partial charge >= 0.3 is 0 Å². The molecule has 2 aromatic rings. The summed E-state index contributed by atoms with van der Waals surface area (Å²) in [6.07, 6.45) is 2.22. The number of amides is 1. The van der Waals surface area contributed by atoms with Crippen LogP contribution in [0.1, 0.15) is 47.8 Å². The van der Waals surface area contributed by atoms with Crippen molar-refractivity contribution in [2.75, 3.05) is 5.32 Å². The van der Waals surface area contributed by atoms with Gasteiger partial charge in [0.1, 0.15) is 9.90 Å². The lowest BCUT2D eigenvalue weighted by Gasteiger charge is -2.13. The van der Waals surface area contributed by atoms with Crippen LogP contribution in [0.25, 0.3) is 0 Å². The highest BCUT2D eigenvalue weighted by atomic mass is 35.5. The van der Waals surface area contributed by atoms with Crippen molar-refractivity contribution >= 4 is 46.3 Å². The number of nitrogens with one attached hydrogen (secondary N) is 1. The van der Waals surface area contributed by atoms with E-state index in [0.29, 0.717) is 10.8 Å². The number of carbonyl (C=O) groups excluding carboxylic acids is 1. The van der Waals surface area contributed by atoms with Crippen LogP contribution in [0.3, 0.4) is 0 Å². The van der Waals surface area contributed by atoms with Crippen LogP contribution in [-0.4, -0.2) is 10.3 Å². The van der Waals surface area contributed by atoms with E-state index in [1.54, 1.807) is 0 Å². The third-order valence-electron chi connectivity index (χ3n) is 3.43. The van der Waals surface area contributed by atoms with Gasteiger partial charge in [0.15, 0.2) is 5.15 Å². The van der Waals surface area contributed by atoms with E-state index < -0.39 is 0 Å². The van der Waals surface area contributed by atoms with Crippen LogP contribution in [0.5, 0.6) is 0 Å². The fourth-order valence-electron chi connectivity index (χ4n) is 2.19. The van der Waals surface area contributed by atoms with E-state index >= 15 is 0 Å². The molecular formula is C15H16Cl2N2OS. The highest BCUT2D eigenvalue weighted by Crippen LogP contribution is 2.29. The van der Waals surface area contributed by atoms with Gasteiger partial charge in [-0.1, -0.05) is 49.2 Å². The molecule has 112 valence electrons. The summed E-state index contributed by atoms with van der Waals surface area (Å²) in [7, 11) is 0. The van der Waals surface area contributed by atoms with Crippen molar-refractivity contribution in [3.63, 3.8) is 0 Å². The average Bonchev–Trinajstić information content (AvgIpc) is 2.82. The zero-order valence-electron chi connectivity index (χ0n) is 11.8. The average molecular weight is 343 g/mol. The number of benzene rings is 1. The number of anilines is 1. The molecular weight excluding hydrogens is 327 g/mol. The molecule has 0 atom stereocenters. The summed E-state index contributed by atoms with van der Waals surface area (Å²) in [5.74, 6) is 0.268. The first-order valence-electron chi connectivity index (χ1n) is 6.78. The van der Waals surface area contributed by atoms with E-state index in [4.69, 9.17) is 23.2 Å². The van der Waals surface area contributed by atoms with Gasteiger partial charge in [-0.25, -0.2) is 0 Å². The van der Waals surface area contributed by atoms with E-state index in [1.165, 1.54) is 5.56 Å². The Morgan fingerprint density at radius 2 is 1.86 bits per heavy atom. The Morgan fingerprint density at radius 3 is 2.33 bits per heavy atom. The maximum absolute atomic E-state index is 12.1. The van der Waals surface area contributed by atoms with Gasteiger partial charge in [-0.3, -0.25) is 4.79 Å². The highest BCUT2D eigenvalue weighted by Gasteiger charge is 2.17. The molecule has 0 aliphatic heterocycles. The topological polar surface area (TPSA) is 42.0 Å². The maximum atomic E-state index is 12.1. The summed E-state index contributed by atoms with van der Waals surface area (Å²) >= 11 is 12.7. The van der Waals surface area contributed by atoms with Crippen molar-refractivity contribution in [3.8, 4) is 0 Å². The van der Waals surface area contributed by atoms with E-state index in [-0.39, 0.29) is 16.1 Å². The first kappa shape index (κ1) is 16.3. The first-order valence-corrected chi connectivity index (χ1v) is 8.31. The summed E-state index contributed by atoms with van der Waals surface area (Å²) < 4.78 is 3.85. The molecule has 2 rings (SSSR count). The second-order valence-corrected chi connectivity index (χ2v) is 6.22. The van der Waals surface area contributed by atoms with Gasteiger partial charge in [0.25, 0.3) is 5.91 Å². The van der Waals surface area contributed by atoms with Crippen molar-refractivity contribution in [2.24, 2.45) is 0 Å². The van der Waals surface area contributed by atoms with Gasteiger partial charge in [0.05, 0.1) is 0 Å². The third-order valence-corrected chi connectivity index (χ3v) is 5.23. The Bertz CT molecular complexity index is 621. The molecule has 1 amide bonds. The molecule has 0 aliphatic rings. The quantitative estimate of drug-likeness (QED) is 0.767. The van der Waals surface area contributed by atoms with Crippen LogP contribution < -0.4 is 5.32 Å². The Morgan fingerprint density at radius 1 is 1.24 bits per heavy atom. The third kappa shape index (κ3) is 3.76. The zero-order valence-corrected chi connectivity index (χ0v) is 14.1. The molecule has 1 aromatic heterocycles. The summed E-state index contributed by atoms with van der Waals surface area (Å²) in [5.41, 5.74) is 2.02. The van der Waals surface area contributed by atoms with Gasteiger partial charge in [0, 0.05) is 5.69 Å². The molecule has 0 bridgehead atoms. The zero-order chi connectivity index (χ0) is 15.4. The number of halogens is 2. The van der Waals surface area contributed by atoms with Crippen molar-refractivity contribution in [2.45, 2.75) is 32.6 Å². The normalized spacial score (nSPS) is 10.9. The fourth-order valence-corrected chi connectivity index (χ4v) is 3.30. The van der Waals surface area contributed by atoms with E-state index in [0.717, 1.165) is 30.1 Å². The molecule has 1 N–H and O–H groups in total. The lowest BCUT2D eigenvalue weighted by molar-refractivity contribution is 0.103. The number of hydrogen-bond acceptors (Lipinski definition) is 3. The molecule has 0 saturated heterocycles. The number of nitrogens with zero attached hydrogens (tertiary/aromatic N) is 1. The smallest absolute Gasteiger partial charge is 0.268 e. The molecule has 0 fully saturated rings. The lowest BCUT2D eigenvalue weighted by atomic mass is 9.94. The van der Waals surface area contributed by atoms with Crippen molar-refractivity contribution < 1.29 is 4.79 Å². The van der Waals surface area contributed by atoms with E-state index in [1.807, 2.05) is 12.1 Å². The monoisotopic (exact) mass is 342 g/mol. The van der Waals surface area contributed by atoms with Gasteiger partial charge in [-0.05, 0) is 48.0 Å². The second-order valence-electron chi connectivity index (χ2n) is 4.71. The highest BCUT2D eigenvalue weighted by molar-refractivity contribution is 7.09. The van der Waals surface area contributed by atoms with Gasteiger partial charge in [-0.2, -0.15) is 4.37 Å². The first-order chi connectivity index (χ1) is 10.1. The minimum Gasteiger partial charge on any atom is -0.321 e. The Hall–Kier alpha value is -1.10. The van der Waals surface area contributed by atoms with Crippen LogP contribution in [0.4, 0.5) is 5.69 Å². The van der Waals surface area contributed by atoms with Crippen molar-refractivity contribution in [1.29, 1.82) is 0 Å². The van der Waals surface area contributed by atoms with E-state index in [2.05, 4.69) is 35.7 Å². The Kier molecular flexibility index (Phi) is 5.62. The fraction of sp³-hybridized carbons (Fsp3) is 0.333. The number of carbonyl (C=O) groups is 1. The molecule has 1 heterocycles. The number of hydrogen-bond donors (Lipinski definition) is 1. The van der Waals surface area contributed by atoms with Crippen LogP contribution >= 0.6 is 34.7 Å². The Balaban J connectivity index is 2.10. The summed E-state index contributed by atoms with van der Waals surface area (Å²) in [5, 5.41) is 3.17. The molecule has 3 nitrogen and oxygen atoms in total.